The van der Waals surface area contributed by atoms with E-state index in [1.807, 2.05) is 23.3 Å². The molecule has 0 aromatic heterocycles. The average Bonchev–Trinajstić information content (AvgIpc) is 2.66. The number of benzene rings is 2. The van der Waals surface area contributed by atoms with Gasteiger partial charge in [-0.3, -0.25) is 5.43 Å². The molecular weight excluding hydrogens is 369 g/mol. The lowest BCUT2D eigenvalue weighted by Gasteiger charge is -2.22. The third kappa shape index (κ3) is 4.36. The summed E-state index contributed by atoms with van der Waals surface area (Å²) in [4.78, 5) is 1.95. The maximum atomic E-state index is 13.6. The number of hydrazone groups is 1. The first-order valence-electron chi connectivity index (χ1n) is 8.08. The standard InChI is InChI=1S/C18H18F5N3O/c1-3-26(6-7-27)12-5-4-11(10(2)8-12)9-24-25-18-16(22)14(20)13(19)15(21)17(18)23/h4-5,8-9,25,27H,3,6-7H2,1-2H3/b24-9-. The van der Waals surface area contributed by atoms with Gasteiger partial charge in [-0.05, 0) is 37.1 Å². The molecule has 146 valence electrons. The SMILES string of the molecule is CCN(CCO)c1ccc(/C=N\Nc2c(F)c(F)c(F)c(F)c2F)c(C)c1. The van der Waals surface area contributed by atoms with E-state index in [-0.39, 0.29) is 6.61 Å². The summed E-state index contributed by atoms with van der Waals surface area (Å²) in [6.45, 7) is 4.87. The topological polar surface area (TPSA) is 47.9 Å². The summed E-state index contributed by atoms with van der Waals surface area (Å²) in [6.07, 6.45) is 1.21. The predicted octanol–water partition coefficient (Wildman–Crippen LogP) is 3.96. The Morgan fingerprint density at radius 3 is 2.15 bits per heavy atom. The van der Waals surface area contributed by atoms with Crippen LogP contribution in [0.25, 0.3) is 0 Å². The van der Waals surface area contributed by atoms with Crippen molar-refractivity contribution in [1.29, 1.82) is 0 Å². The molecule has 9 heteroatoms. The van der Waals surface area contributed by atoms with Crippen LogP contribution in [0.2, 0.25) is 0 Å². The molecule has 4 nitrogen and oxygen atoms in total. The van der Waals surface area contributed by atoms with Crippen LogP contribution in [0.3, 0.4) is 0 Å². The number of hydrogen-bond donors (Lipinski definition) is 2. The van der Waals surface area contributed by atoms with Gasteiger partial charge in [-0.1, -0.05) is 6.07 Å². The van der Waals surface area contributed by atoms with Crippen molar-refractivity contribution in [2.45, 2.75) is 13.8 Å². The summed E-state index contributed by atoms with van der Waals surface area (Å²) in [7, 11) is 0. The molecule has 2 aromatic rings. The lowest BCUT2D eigenvalue weighted by Crippen LogP contribution is -2.26. The second-order valence-corrected chi connectivity index (χ2v) is 5.66. The van der Waals surface area contributed by atoms with Crippen LogP contribution in [-0.4, -0.2) is 31.0 Å². The van der Waals surface area contributed by atoms with Crippen molar-refractivity contribution in [1.82, 2.24) is 0 Å². The Morgan fingerprint density at radius 2 is 1.63 bits per heavy atom. The van der Waals surface area contributed by atoms with E-state index in [0.717, 1.165) is 11.3 Å². The zero-order valence-corrected chi connectivity index (χ0v) is 14.7. The Balaban J connectivity index is 2.23. The van der Waals surface area contributed by atoms with Crippen molar-refractivity contribution in [3.8, 4) is 0 Å². The Morgan fingerprint density at radius 1 is 1.04 bits per heavy atom. The lowest BCUT2D eigenvalue weighted by molar-refractivity contribution is 0.302. The van der Waals surface area contributed by atoms with Gasteiger partial charge in [0.2, 0.25) is 5.82 Å². The Bertz CT molecular complexity index is 828. The van der Waals surface area contributed by atoms with Gasteiger partial charge in [-0.2, -0.15) is 5.10 Å². The molecule has 0 aliphatic heterocycles. The predicted molar refractivity (Wildman–Crippen MR) is 93.6 cm³/mol. The first-order valence-corrected chi connectivity index (χ1v) is 8.08. The number of halogens is 5. The van der Waals surface area contributed by atoms with Gasteiger partial charge in [-0.25, -0.2) is 22.0 Å². The van der Waals surface area contributed by atoms with Gasteiger partial charge in [0.25, 0.3) is 0 Å². The molecule has 0 unspecified atom stereocenters. The third-order valence-electron chi connectivity index (χ3n) is 3.96. The van der Waals surface area contributed by atoms with Gasteiger partial charge < -0.3 is 10.0 Å². The monoisotopic (exact) mass is 387 g/mol. The number of anilines is 2. The fourth-order valence-corrected chi connectivity index (χ4v) is 2.46. The van der Waals surface area contributed by atoms with Crippen molar-refractivity contribution < 1.29 is 27.1 Å². The number of hydrogen-bond acceptors (Lipinski definition) is 4. The molecule has 2 N–H and O–H groups in total. The molecular formula is C18H18F5N3O. The number of rotatable bonds is 7. The van der Waals surface area contributed by atoms with Gasteiger partial charge in [0.1, 0.15) is 5.69 Å². The summed E-state index contributed by atoms with van der Waals surface area (Å²) in [5.74, 6) is -10.3. The summed E-state index contributed by atoms with van der Waals surface area (Å²) in [5.41, 5.74) is 2.86. The summed E-state index contributed by atoms with van der Waals surface area (Å²) >= 11 is 0. The van der Waals surface area contributed by atoms with Crippen LogP contribution in [0, 0.1) is 36.0 Å². The molecule has 0 saturated heterocycles. The summed E-state index contributed by atoms with van der Waals surface area (Å²) in [5, 5.41) is 12.6. The number of aliphatic hydroxyl groups is 1. The quantitative estimate of drug-likeness (QED) is 0.249. The van der Waals surface area contributed by atoms with E-state index < -0.39 is 34.8 Å². The van der Waals surface area contributed by atoms with Gasteiger partial charge in [0, 0.05) is 18.8 Å². The van der Waals surface area contributed by atoms with Gasteiger partial charge in [-0.15, -0.1) is 0 Å². The second kappa shape index (κ2) is 8.81. The van der Waals surface area contributed by atoms with Crippen molar-refractivity contribution in [3.63, 3.8) is 0 Å². The minimum Gasteiger partial charge on any atom is -0.395 e. The molecule has 0 aliphatic rings. The van der Waals surface area contributed by atoms with Crippen LogP contribution < -0.4 is 10.3 Å². The minimum absolute atomic E-state index is 0.00192. The molecule has 2 aromatic carbocycles. The molecule has 0 amide bonds. The number of aryl methyl sites for hydroxylation is 1. The summed E-state index contributed by atoms with van der Waals surface area (Å²) in [6, 6.07) is 5.29. The van der Waals surface area contributed by atoms with Crippen LogP contribution in [-0.2, 0) is 0 Å². The summed E-state index contributed by atoms with van der Waals surface area (Å²) < 4.78 is 66.5. The molecule has 0 saturated carbocycles. The highest BCUT2D eigenvalue weighted by Gasteiger charge is 2.25. The highest BCUT2D eigenvalue weighted by Crippen LogP contribution is 2.27. The maximum absolute atomic E-state index is 13.6. The zero-order chi connectivity index (χ0) is 20.1. The normalized spacial score (nSPS) is 11.3. The van der Waals surface area contributed by atoms with Crippen LogP contribution in [0.1, 0.15) is 18.1 Å². The Kier molecular flexibility index (Phi) is 6.73. The molecule has 0 atom stereocenters. The maximum Gasteiger partial charge on any atom is 0.200 e. The first-order chi connectivity index (χ1) is 12.8. The van der Waals surface area contributed by atoms with Crippen molar-refractivity contribution >= 4 is 17.6 Å². The van der Waals surface area contributed by atoms with E-state index in [0.29, 0.717) is 18.7 Å². The fourth-order valence-electron chi connectivity index (χ4n) is 2.46. The number of nitrogens with one attached hydrogen (secondary N) is 1. The highest BCUT2D eigenvalue weighted by atomic mass is 19.2. The first kappa shape index (κ1) is 20.6. The second-order valence-electron chi connectivity index (χ2n) is 5.66. The smallest absolute Gasteiger partial charge is 0.200 e. The van der Waals surface area contributed by atoms with E-state index in [2.05, 4.69) is 5.10 Å². The lowest BCUT2D eigenvalue weighted by atomic mass is 10.1. The van der Waals surface area contributed by atoms with Crippen molar-refractivity contribution in [3.05, 3.63) is 58.4 Å². The van der Waals surface area contributed by atoms with Crippen LogP contribution >= 0.6 is 0 Å². The van der Waals surface area contributed by atoms with E-state index in [1.165, 1.54) is 6.21 Å². The highest BCUT2D eigenvalue weighted by molar-refractivity contribution is 5.83. The Labute approximate surface area is 152 Å². The van der Waals surface area contributed by atoms with Crippen LogP contribution in [0.15, 0.2) is 23.3 Å². The number of likely N-dealkylation sites (N-methyl/N-ethyl adjacent to an activating group) is 1. The van der Waals surface area contributed by atoms with Crippen molar-refractivity contribution in [2.75, 3.05) is 30.0 Å². The molecule has 0 bridgehead atoms. The van der Waals surface area contributed by atoms with E-state index in [4.69, 9.17) is 5.11 Å². The van der Waals surface area contributed by atoms with Crippen LogP contribution in [0.5, 0.6) is 0 Å². The molecule has 2 rings (SSSR count). The molecule has 0 fully saturated rings. The molecule has 0 spiro atoms. The Hall–Kier alpha value is -2.68. The zero-order valence-electron chi connectivity index (χ0n) is 14.7. The molecule has 0 radical (unpaired) electrons. The molecule has 0 aliphatic carbocycles. The third-order valence-corrected chi connectivity index (χ3v) is 3.96. The fraction of sp³-hybridized carbons (Fsp3) is 0.278. The van der Waals surface area contributed by atoms with E-state index in [9.17, 15) is 22.0 Å². The number of nitrogens with zero attached hydrogens (tertiary/aromatic N) is 2. The molecule has 27 heavy (non-hydrogen) atoms. The van der Waals surface area contributed by atoms with Crippen molar-refractivity contribution in [2.24, 2.45) is 5.10 Å². The van der Waals surface area contributed by atoms with Gasteiger partial charge in [0.15, 0.2) is 23.3 Å². The largest absolute Gasteiger partial charge is 0.395 e. The van der Waals surface area contributed by atoms with E-state index in [1.54, 1.807) is 19.1 Å². The van der Waals surface area contributed by atoms with Crippen LogP contribution in [0.4, 0.5) is 33.3 Å². The minimum atomic E-state index is -2.23. The molecule has 0 heterocycles. The van der Waals surface area contributed by atoms with Gasteiger partial charge in [0.05, 0.1) is 12.8 Å². The average molecular weight is 387 g/mol. The van der Waals surface area contributed by atoms with Gasteiger partial charge >= 0.3 is 0 Å². The number of aliphatic hydroxyl groups excluding tert-OH is 1. The van der Waals surface area contributed by atoms with E-state index >= 15 is 0 Å².